The largest absolute Gasteiger partial charge is 0.481 e. The zero-order valence-electron chi connectivity index (χ0n) is 7.60. The number of hydrogen-bond donors (Lipinski definition) is 1. The highest BCUT2D eigenvalue weighted by atomic mass is 32.2. The van der Waals surface area contributed by atoms with Gasteiger partial charge < -0.3 is 5.11 Å². The highest BCUT2D eigenvalue weighted by Gasteiger charge is 2.00. The monoisotopic (exact) mass is 214 g/mol. The van der Waals surface area contributed by atoms with Crippen LogP contribution in [0.1, 0.15) is 5.56 Å². The fraction of sp³-hybridized carbons (Fsp3) is 0.222. The highest BCUT2D eigenvalue weighted by molar-refractivity contribution is 7.94. The van der Waals surface area contributed by atoms with Crippen molar-refractivity contribution >= 4 is 18.0 Å². The smallest absolute Gasteiger partial charge is 0.307 e. The summed E-state index contributed by atoms with van der Waals surface area (Å²) in [6.45, 7) is 0. The Morgan fingerprint density at radius 3 is 2.57 bits per heavy atom. The summed E-state index contributed by atoms with van der Waals surface area (Å²) in [5.74, 6) is -0.835. The van der Waals surface area contributed by atoms with E-state index in [2.05, 4.69) is 9.22 Å². The van der Waals surface area contributed by atoms with Crippen LogP contribution in [0.15, 0.2) is 29.2 Å². The molecule has 0 aromatic heterocycles. The SMILES string of the molecule is COOSc1ccc(CC(=O)O)cc1. The van der Waals surface area contributed by atoms with Crippen molar-refractivity contribution in [2.24, 2.45) is 0 Å². The third-order valence-corrected chi connectivity index (χ3v) is 2.15. The lowest BCUT2D eigenvalue weighted by Gasteiger charge is -2.00. The summed E-state index contributed by atoms with van der Waals surface area (Å²) in [6.07, 6.45) is 0.0378. The third-order valence-electron chi connectivity index (χ3n) is 1.48. The highest BCUT2D eigenvalue weighted by Crippen LogP contribution is 2.19. The first-order valence-electron chi connectivity index (χ1n) is 3.90. The second-order valence-corrected chi connectivity index (χ2v) is 3.31. The van der Waals surface area contributed by atoms with Gasteiger partial charge in [0, 0.05) is 4.90 Å². The zero-order chi connectivity index (χ0) is 10.4. The van der Waals surface area contributed by atoms with Crippen LogP contribution in [0, 0.1) is 0 Å². The summed E-state index contributed by atoms with van der Waals surface area (Å²) in [4.78, 5) is 15.6. The molecule has 0 bridgehead atoms. The number of carboxylic acids is 1. The number of aliphatic carboxylic acids is 1. The number of hydrogen-bond acceptors (Lipinski definition) is 4. The van der Waals surface area contributed by atoms with E-state index in [0.717, 1.165) is 22.5 Å². The minimum Gasteiger partial charge on any atom is -0.481 e. The Morgan fingerprint density at radius 2 is 2.07 bits per heavy atom. The molecule has 76 valence electrons. The van der Waals surface area contributed by atoms with Crippen LogP contribution in [0.5, 0.6) is 0 Å². The summed E-state index contributed by atoms with van der Waals surface area (Å²) in [6, 6.07) is 7.05. The molecule has 0 saturated carbocycles. The average molecular weight is 214 g/mol. The number of carbonyl (C=O) groups is 1. The summed E-state index contributed by atoms with van der Waals surface area (Å²) in [5, 5.41) is 8.53. The molecule has 0 aliphatic rings. The van der Waals surface area contributed by atoms with Gasteiger partial charge in [0.2, 0.25) is 0 Å². The quantitative estimate of drug-likeness (QED) is 0.461. The molecular weight excluding hydrogens is 204 g/mol. The molecule has 0 fully saturated rings. The van der Waals surface area contributed by atoms with Gasteiger partial charge in [-0.25, -0.2) is 4.89 Å². The molecule has 1 rings (SSSR count). The lowest BCUT2D eigenvalue weighted by Crippen LogP contribution is -1.99. The maximum atomic E-state index is 10.4. The molecule has 0 saturated heterocycles. The Hall–Kier alpha value is -1.04. The summed E-state index contributed by atoms with van der Waals surface area (Å²) >= 11 is 1.08. The molecule has 0 amide bonds. The minimum atomic E-state index is -0.835. The number of carboxylic acid groups (broad SMARTS) is 1. The fourth-order valence-corrected chi connectivity index (χ4v) is 1.30. The summed E-state index contributed by atoms with van der Waals surface area (Å²) < 4.78 is 4.64. The Morgan fingerprint density at radius 1 is 1.43 bits per heavy atom. The summed E-state index contributed by atoms with van der Waals surface area (Å²) in [5.41, 5.74) is 0.763. The van der Waals surface area contributed by atoms with E-state index in [0.29, 0.717) is 0 Å². The van der Waals surface area contributed by atoms with Crippen molar-refractivity contribution < 1.29 is 19.1 Å². The fourth-order valence-electron chi connectivity index (χ4n) is 0.911. The van der Waals surface area contributed by atoms with E-state index in [-0.39, 0.29) is 6.42 Å². The molecule has 4 nitrogen and oxygen atoms in total. The predicted octanol–water partition coefficient (Wildman–Crippen LogP) is 1.90. The van der Waals surface area contributed by atoms with Gasteiger partial charge in [-0.05, 0) is 17.7 Å². The molecule has 0 aliphatic carbocycles. The van der Waals surface area contributed by atoms with Crippen LogP contribution < -0.4 is 0 Å². The lowest BCUT2D eigenvalue weighted by atomic mass is 10.2. The van der Waals surface area contributed by atoms with Crippen LogP contribution >= 0.6 is 12.0 Å². The molecule has 0 radical (unpaired) electrons. The van der Waals surface area contributed by atoms with E-state index in [9.17, 15) is 4.79 Å². The van der Waals surface area contributed by atoms with E-state index >= 15 is 0 Å². The van der Waals surface area contributed by atoms with Gasteiger partial charge in [-0.3, -0.25) is 4.79 Å². The van der Waals surface area contributed by atoms with E-state index in [4.69, 9.17) is 5.11 Å². The van der Waals surface area contributed by atoms with Crippen molar-refractivity contribution in [2.75, 3.05) is 7.11 Å². The molecular formula is C9H10O4S. The number of rotatable bonds is 5. The summed E-state index contributed by atoms with van der Waals surface area (Å²) in [7, 11) is 1.42. The lowest BCUT2D eigenvalue weighted by molar-refractivity contribution is -0.160. The van der Waals surface area contributed by atoms with Crippen LogP contribution in [0.25, 0.3) is 0 Å². The van der Waals surface area contributed by atoms with E-state index in [1.54, 1.807) is 24.3 Å². The zero-order valence-corrected chi connectivity index (χ0v) is 8.41. The van der Waals surface area contributed by atoms with E-state index in [1.807, 2.05) is 0 Å². The molecule has 5 heteroatoms. The normalized spacial score (nSPS) is 10.1. The third kappa shape index (κ3) is 3.78. The molecule has 1 aromatic rings. The van der Waals surface area contributed by atoms with E-state index < -0.39 is 5.97 Å². The molecule has 0 unspecified atom stereocenters. The van der Waals surface area contributed by atoms with Gasteiger partial charge in [0.05, 0.1) is 25.6 Å². The minimum absolute atomic E-state index is 0.0378. The standard InChI is InChI=1S/C9H10O4S/c1-12-13-14-8-4-2-7(3-5-8)6-9(10)11/h2-5H,6H2,1H3,(H,10,11). The van der Waals surface area contributed by atoms with Crippen molar-refractivity contribution in [1.29, 1.82) is 0 Å². The molecule has 0 atom stereocenters. The van der Waals surface area contributed by atoms with Crippen molar-refractivity contribution in [3.05, 3.63) is 29.8 Å². The van der Waals surface area contributed by atoms with Gasteiger partial charge in [-0.15, -0.1) is 0 Å². The second-order valence-electron chi connectivity index (χ2n) is 2.53. The van der Waals surface area contributed by atoms with Gasteiger partial charge in [0.25, 0.3) is 0 Å². The molecule has 1 aromatic carbocycles. The van der Waals surface area contributed by atoms with Gasteiger partial charge in [-0.2, -0.15) is 4.33 Å². The first-order chi connectivity index (χ1) is 6.72. The Balaban J connectivity index is 2.54. The Kier molecular flexibility index (Phi) is 4.45. The Labute approximate surface area is 86.0 Å². The molecule has 0 spiro atoms. The van der Waals surface area contributed by atoms with Crippen LogP contribution in [0.2, 0.25) is 0 Å². The van der Waals surface area contributed by atoms with Crippen molar-refractivity contribution in [2.45, 2.75) is 11.3 Å². The van der Waals surface area contributed by atoms with Crippen LogP contribution in [0.4, 0.5) is 0 Å². The van der Waals surface area contributed by atoms with Crippen molar-refractivity contribution in [3.63, 3.8) is 0 Å². The average Bonchev–Trinajstić information content (AvgIpc) is 2.16. The first-order valence-corrected chi connectivity index (χ1v) is 4.64. The van der Waals surface area contributed by atoms with E-state index in [1.165, 1.54) is 7.11 Å². The molecule has 0 aliphatic heterocycles. The number of benzene rings is 1. The first kappa shape index (κ1) is 11.0. The maximum Gasteiger partial charge on any atom is 0.307 e. The second kappa shape index (κ2) is 5.64. The van der Waals surface area contributed by atoms with Crippen LogP contribution in [-0.4, -0.2) is 18.2 Å². The molecule has 14 heavy (non-hydrogen) atoms. The Bertz CT molecular complexity index is 296. The van der Waals surface area contributed by atoms with Crippen LogP contribution in [0.3, 0.4) is 0 Å². The van der Waals surface area contributed by atoms with Crippen LogP contribution in [-0.2, 0) is 20.4 Å². The molecule has 0 heterocycles. The predicted molar refractivity (Wildman–Crippen MR) is 51.7 cm³/mol. The topological polar surface area (TPSA) is 55.8 Å². The van der Waals surface area contributed by atoms with Crippen molar-refractivity contribution in [3.8, 4) is 0 Å². The van der Waals surface area contributed by atoms with Gasteiger partial charge in [0.1, 0.15) is 0 Å². The molecule has 1 N–H and O–H groups in total. The van der Waals surface area contributed by atoms with Gasteiger partial charge >= 0.3 is 5.97 Å². The van der Waals surface area contributed by atoms with Crippen molar-refractivity contribution in [1.82, 2.24) is 0 Å². The maximum absolute atomic E-state index is 10.4. The van der Waals surface area contributed by atoms with Gasteiger partial charge in [0.15, 0.2) is 0 Å². The van der Waals surface area contributed by atoms with Gasteiger partial charge in [-0.1, -0.05) is 12.1 Å².